The molecule has 0 spiro atoms. The van der Waals surface area contributed by atoms with Gasteiger partial charge in [-0.15, -0.1) is 0 Å². The summed E-state index contributed by atoms with van der Waals surface area (Å²) in [5.74, 6) is -2.44. The molecule has 0 fully saturated rings. The molecule has 9 nitrogen and oxygen atoms in total. The summed E-state index contributed by atoms with van der Waals surface area (Å²) in [6, 6.07) is 4.39. The number of nitrogens with one attached hydrogen (secondary N) is 1. The molecule has 1 aromatic carbocycles. The molecule has 32 heavy (non-hydrogen) atoms. The van der Waals surface area contributed by atoms with Crippen LogP contribution in [0.25, 0.3) is 16.8 Å². The number of amides is 2. The standard InChI is InChI=1S/C20H13F3N6O3/c21-12-1-2-14(15(23)7-12)16-3-4-17(29(31)32)19(26-16)27-20(30)28-6-5-11(10-28)18-24-8-13(22)9-25-18/h1-5,7-9H,6,10H2,(H,26,27,30). The van der Waals surface area contributed by atoms with Crippen molar-refractivity contribution >= 4 is 23.1 Å². The van der Waals surface area contributed by atoms with Gasteiger partial charge in [-0.2, -0.15) is 0 Å². The van der Waals surface area contributed by atoms with Gasteiger partial charge in [0.2, 0.25) is 5.82 Å². The van der Waals surface area contributed by atoms with Gasteiger partial charge < -0.3 is 4.90 Å². The highest BCUT2D eigenvalue weighted by molar-refractivity contribution is 5.92. The molecule has 2 aromatic heterocycles. The van der Waals surface area contributed by atoms with Crippen LogP contribution < -0.4 is 5.32 Å². The van der Waals surface area contributed by atoms with Crippen molar-refractivity contribution in [1.29, 1.82) is 0 Å². The number of pyridine rings is 1. The first-order chi connectivity index (χ1) is 15.3. The normalized spacial score (nSPS) is 13.1. The van der Waals surface area contributed by atoms with E-state index in [1.807, 2.05) is 0 Å². The predicted molar refractivity (Wildman–Crippen MR) is 107 cm³/mol. The van der Waals surface area contributed by atoms with E-state index in [2.05, 4.69) is 20.3 Å². The number of hydrogen-bond acceptors (Lipinski definition) is 6. The Morgan fingerprint density at radius 3 is 2.53 bits per heavy atom. The molecule has 0 aliphatic carbocycles. The van der Waals surface area contributed by atoms with Crippen molar-refractivity contribution in [3.05, 3.63) is 82.2 Å². The lowest BCUT2D eigenvalue weighted by atomic mass is 10.1. The second-order valence-corrected chi connectivity index (χ2v) is 6.71. The molecule has 1 aliphatic heterocycles. The molecule has 0 unspecified atom stereocenters. The van der Waals surface area contributed by atoms with Gasteiger partial charge in [0.1, 0.15) is 11.6 Å². The summed E-state index contributed by atoms with van der Waals surface area (Å²) in [4.78, 5) is 36.3. The zero-order valence-electron chi connectivity index (χ0n) is 16.1. The van der Waals surface area contributed by atoms with E-state index in [0.717, 1.165) is 30.6 Å². The van der Waals surface area contributed by atoms with Crippen LogP contribution >= 0.6 is 0 Å². The monoisotopic (exact) mass is 442 g/mol. The molecule has 0 saturated heterocycles. The minimum absolute atomic E-state index is 0.0247. The maximum atomic E-state index is 14.1. The molecular weight excluding hydrogens is 429 g/mol. The van der Waals surface area contributed by atoms with E-state index < -0.39 is 39.9 Å². The zero-order chi connectivity index (χ0) is 22.8. The summed E-state index contributed by atoms with van der Waals surface area (Å²) in [6.07, 6.45) is 3.66. The number of halogens is 3. The average molecular weight is 442 g/mol. The summed E-state index contributed by atoms with van der Waals surface area (Å²) >= 11 is 0. The molecular formula is C20H13F3N6O3. The average Bonchev–Trinajstić information content (AvgIpc) is 3.24. The third kappa shape index (κ3) is 4.24. The lowest BCUT2D eigenvalue weighted by molar-refractivity contribution is -0.384. The number of aromatic nitrogens is 3. The van der Waals surface area contributed by atoms with Gasteiger partial charge in [0, 0.05) is 29.8 Å². The van der Waals surface area contributed by atoms with Crippen LogP contribution in [0.1, 0.15) is 5.82 Å². The molecule has 1 aliphatic rings. The van der Waals surface area contributed by atoms with Crippen molar-refractivity contribution < 1.29 is 22.9 Å². The highest BCUT2D eigenvalue weighted by atomic mass is 19.1. The first-order valence-electron chi connectivity index (χ1n) is 9.15. The highest BCUT2D eigenvalue weighted by Crippen LogP contribution is 2.29. The van der Waals surface area contributed by atoms with Crippen LogP contribution in [0.5, 0.6) is 0 Å². The third-order valence-corrected chi connectivity index (χ3v) is 4.62. The Morgan fingerprint density at radius 2 is 1.84 bits per heavy atom. The van der Waals surface area contributed by atoms with E-state index >= 15 is 0 Å². The third-order valence-electron chi connectivity index (χ3n) is 4.62. The van der Waals surface area contributed by atoms with Gasteiger partial charge in [-0.05, 0) is 18.2 Å². The van der Waals surface area contributed by atoms with Crippen molar-refractivity contribution in [2.24, 2.45) is 0 Å². The SMILES string of the molecule is O=C(Nc1nc(-c2ccc(F)cc2F)ccc1[N+](=O)[O-])N1CC=C(c2ncc(F)cn2)C1. The smallest absolute Gasteiger partial charge is 0.316 e. The molecule has 0 bridgehead atoms. The summed E-state index contributed by atoms with van der Waals surface area (Å²) < 4.78 is 40.3. The molecule has 12 heteroatoms. The molecule has 1 N–H and O–H groups in total. The lowest BCUT2D eigenvalue weighted by Gasteiger charge is -2.17. The van der Waals surface area contributed by atoms with E-state index in [1.165, 1.54) is 11.0 Å². The molecule has 4 rings (SSSR count). The molecule has 3 heterocycles. The van der Waals surface area contributed by atoms with Gasteiger partial charge in [-0.3, -0.25) is 15.4 Å². The fourth-order valence-corrected chi connectivity index (χ4v) is 3.07. The summed E-state index contributed by atoms with van der Waals surface area (Å²) in [6.45, 7) is 0.236. The number of rotatable bonds is 4. The Labute approximate surface area is 178 Å². The van der Waals surface area contributed by atoms with Crippen LogP contribution in [0.3, 0.4) is 0 Å². The van der Waals surface area contributed by atoms with E-state index in [0.29, 0.717) is 11.6 Å². The van der Waals surface area contributed by atoms with Crippen molar-refractivity contribution in [2.75, 3.05) is 18.4 Å². The van der Waals surface area contributed by atoms with Crippen molar-refractivity contribution in [2.45, 2.75) is 0 Å². The molecule has 2 amide bonds. The number of carbonyl (C=O) groups excluding carboxylic acids is 1. The number of urea groups is 1. The topological polar surface area (TPSA) is 114 Å². The Balaban J connectivity index is 1.56. The second-order valence-electron chi connectivity index (χ2n) is 6.71. The maximum absolute atomic E-state index is 14.1. The Bertz CT molecular complexity index is 1250. The van der Waals surface area contributed by atoms with Gasteiger partial charge in [0.05, 0.1) is 29.6 Å². The van der Waals surface area contributed by atoms with Crippen molar-refractivity contribution in [3.63, 3.8) is 0 Å². The summed E-state index contributed by atoms with van der Waals surface area (Å²) in [5, 5.41) is 13.7. The fourth-order valence-electron chi connectivity index (χ4n) is 3.07. The predicted octanol–water partition coefficient (Wildman–Crippen LogP) is 3.80. The van der Waals surface area contributed by atoms with Crippen molar-refractivity contribution in [3.8, 4) is 11.3 Å². The van der Waals surface area contributed by atoms with Crippen LogP contribution in [0, 0.1) is 27.6 Å². The summed E-state index contributed by atoms with van der Waals surface area (Å²) in [5.41, 5.74) is -0.0395. The van der Waals surface area contributed by atoms with Gasteiger partial charge in [0.25, 0.3) is 0 Å². The Kier molecular flexibility index (Phi) is 5.50. The van der Waals surface area contributed by atoms with Gasteiger partial charge in [-0.1, -0.05) is 6.08 Å². The van der Waals surface area contributed by atoms with Crippen molar-refractivity contribution in [1.82, 2.24) is 19.9 Å². The van der Waals surface area contributed by atoms with E-state index in [-0.39, 0.29) is 30.2 Å². The first-order valence-corrected chi connectivity index (χ1v) is 9.15. The number of nitro groups is 1. The van der Waals surface area contributed by atoms with E-state index in [4.69, 9.17) is 0 Å². The quantitative estimate of drug-likeness (QED) is 0.486. The molecule has 162 valence electrons. The van der Waals surface area contributed by atoms with Crippen LogP contribution in [-0.4, -0.2) is 43.9 Å². The molecule has 0 atom stereocenters. The fraction of sp³-hybridized carbons (Fsp3) is 0.100. The second kappa shape index (κ2) is 8.41. The van der Waals surface area contributed by atoms with Crippen LogP contribution in [0.15, 0.2) is 48.8 Å². The molecule has 3 aromatic rings. The van der Waals surface area contributed by atoms with Gasteiger partial charge in [0.15, 0.2) is 11.6 Å². The molecule has 0 saturated carbocycles. The van der Waals surface area contributed by atoms with Gasteiger partial charge in [-0.25, -0.2) is 32.9 Å². The molecule has 0 radical (unpaired) electrons. The number of carbonyl (C=O) groups is 1. The minimum atomic E-state index is -0.906. The Hall–Kier alpha value is -4.35. The van der Waals surface area contributed by atoms with Crippen LogP contribution in [-0.2, 0) is 0 Å². The summed E-state index contributed by atoms with van der Waals surface area (Å²) in [7, 11) is 0. The number of benzene rings is 1. The number of anilines is 1. The largest absolute Gasteiger partial charge is 0.323 e. The number of nitrogens with zero attached hydrogens (tertiary/aromatic N) is 5. The highest BCUT2D eigenvalue weighted by Gasteiger charge is 2.26. The maximum Gasteiger partial charge on any atom is 0.323 e. The zero-order valence-corrected chi connectivity index (χ0v) is 16.1. The number of hydrogen-bond donors (Lipinski definition) is 1. The minimum Gasteiger partial charge on any atom is -0.316 e. The van der Waals surface area contributed by atoms with Crippen LogP contribution in [0.4, 0.5) is 29.5 Å². The first kappa shape index (κ1) is 20.9. The Morgan fingerprint density at radius 1 is 1.09 bits per heavy atom. The van der Waals surface area contributed by atoms with E-state index in [1.54, 1.807) is 6.08 Å². The lowest BCUT2D eigenvalue weighted by Crippen LogP contribution is -2.33. The van der Waals surface area contributed by atoms with Crippen LogP contribution in [0.2, 0.25) is 0 Å². The van der Waals surface area contributed by atoms with E-state index in [9.17, 15) is 28.1 Å². The van der Waals surface area contributed by atoms with Gasteiger partial charge >= 0.3 is 11.7 Å².